The van der Waals surface area contributed by atoms with E-state index in [4.69, 9.17) is 4.42 Å². The summed E-state index contributed by atoms with van der Waals surface area (Å²) in [5.41, 5.74) is 1.42. The summed E-state index contributed by atoms with van der Waals surface area (Å²) in [6.45, 7) is 1.13. The van der Waals surface area contributed by atoms with Crippen molar-refractivity contribution in [2.24, 2.45) is 5.92 Å². The van der Waals surface area contributed by atoms with Crippen LogP contribution in [0.25, 0.3) is 0 Å². The topological polar surface area (TPSA) is 25.2 Å². The summed E-state index contributed by atoms with van der Waals surface area (Å²) < 4.78 is 5.36. The molecule has 0 saturated heterocycles. The Balaban J connectivity index is 2.05. The lowest BCUT2D eigenvalue weighted by atomic mass is 9.88. The van der Waals surface area contributed by atoms with Crippen LogP contribution in [0, 0.1) is 5.92 Å². The number of furan rings is 1. The van der Waals surface area contributed by atoms with Crippen LogP contribution in [0.3, 0.4) is 0 Å². The molecule has 12 heavy (non-hydrogen) atoms. The monoisotopic (exact) mass is 165 g/mol. The molecule has 2 heteroatoms. The molecule has 2 nitrogen and oxygen atoms in total. The highest BCUT2D eigenvalue weighted by Crippen LogP contribution is 2.25. The third-order valence-corrected chi connectivity index (χ3v) is 2.62. The van der Waals surface area contributed by atoms with Crippen molar-refractivity contribution in [1.82, 2.24) is 5.32 Å². The summed E-state index contributed by atoms with van der Waals surface area (Å²) in [4.78, 5) is 0. The van der Waals surface area contributed by atoms with E-state index in [0.29, 0.717) is 0 Å². The van der Waals surface area contributed by atoms with Gasteiger partial charge in [0.25, 0.3) is 0 Å². The summed E-state index contributed by atoms with van der Waals surface area (Å²) in [5.74, 6) is 2.02. The van der Waals surface area contributed by atoms with E-state index in [9.17, 15) is 0 Å². The predicted octanol–water partition coefficient (Wildman–Crippen LogP) is 1.60. The van der Waals surface area contributed by atoms with Gasteiger partial charge in [0.2, 0.25) is 0 Å². The fourth-order valence-corrected chi connectivity index (χ4v) is 1.98. The zero-order chi connectivity index (χ0) is 8.39. The molecular formula is C10H15NO. The Kier molecular flexibility index (Phi) is 2.17. The van der Waals surface area contributed by atoms with Gasteiger partial charge in [0.15, 0.2) is 0 Å². The second kappa shape index (κ2) is 3.31. The largest absolute Gasteiger partial charge is 0.469 e. The SMILES string of the molecule is CNCC1CCc2occc2C1. The van der Waals surface area contributed by atoms with Gasteiger partial charge in [0, 0.05) is 6.42 Å². The highest BCUT2D eigenvalue weighted by atomic mass is 16.3. The van der Waals surface area contributed by atoms with Crippen LogP contribution in [0.15, 0.2) is 16.7 Å². The van der Waals surface area contributed by atoms with E-state index in [0.717, 1.165) is 18.9 Å². The smallest absolute Gasteiger partial charge is 0.106 e. The maximum absolute atomic E-state index is 5.36. The predicted molar refractivity (Wildman–Crippen MR) is 48.1 cm³/mol. The molecule has 1 aliphatic carbocycles. The quantitative estimate of drug-likeness (QED) is 0.720. The van der Waals surface area contributed by atoms with E-state index in [1.54, 1.807) is 0 Å². The molecule has 0 saturated carbocycles. The highest BCUT2D eigenvalue weighted by Gasteiger charge is 2.19. The van der Waals surface area contributed by atoms with Crippen LogP contribution in [0.5, 0.6) is 0 Å². The van der Waals surface area contributed by atoms with Gasteiger partial charge in [0.1, 0.15) is 5.76 Å². The number of aryl methyl sites for hydroxylation is 1. The first kappa shape index (κ1) is 7.87. The van der Waals surface area contributed by atoms with E-state index in [-0.39, 0.29) is 0 Å². The standard InChI is InChI=1S/C10H15NO/c1-11-7-8-2-3-10-9(6-8)4-5-12-10/h4-5,8,11H,2-3,6-7H2,1H3. The average molecular weight is 165 g/mol. The van der Waals surface area contributed by atoms with Gasteiger partial charge in [0.05, 0.1) is 6.26 Å². The molecule has 1 aromatic rings. The molecule has 0 amide bonds. The van der Waals surface area contributed by atoms with Gasteiger partial charge >= 0.3 is 0 Å². The normalized spacial score (nSPS) is 22.2. The minimum absolute atomic E-state index is 0.806. The molecule has 1 heterocycles. The van der Waals surface area contributed by atoms with Crippen LogP contribution in [0.4, 0.5) is 0 Å². The summed E-state index contributed by atoms with van der Waals surface area (Å²) in [6.07, 6.45) is 5.38. The molecular weight excluding hydrogens is 150 g/mol. The Morgan fingerprint density at radius 2 is 2.58 bits per heavy atom. The van der Waals surface area contributed by atoms with Gasteiger partial charge < -0.3 is 9.73 Å². The molecule has 1 aliphatic rings. The lowest BCUT2D eigenvalue weighted by Crippen LogP contribution is -2.24. The Morgan fingerprint density at radius 1 is 1.67 bits per heavy atom. The molecule has 1 atom stereocenters. The fraction of sp³-hybridized carbons (Fsp3) is 0.600. The molecule has 0 aliphatic heterocycles. The van der Waals surface area contributed by atoms with E-state index in [1.807, 2.05) is 13.3 Å². The molecule has 0 spiro atoms. The van der Waals surface area contributed by atoms with Crippen LogP contribution in [-0.4, -0.2) is 13.6 Å². The first-order valence-corrected chi connectivity index (χ1v) is 4.60. The number of hydrogen-bond acceptors (Lipinski definition) is 2. The Bertz CT molecular complexity index is 254. The number of nitrogens with one attached hydrogen (secondary N) is 1. The van der Waals surface area contributed by atoms with Crippen LogP contribution in [0.2, 0.25) is 0 Å². The molecule has 2 rings (SSSR count). The van der Waals surface area contributed by atoms with Crippen LogP contribution in [0.1, 0.15) is 17.7 Å². The molecule has 0 bridgehead atoms. The van der Waals surface area contributed by atoms with Crippen molar-refractivity contribution in [2.75, 3.05) is 13.6 Å². The van der Waals surface area contributed by atoms with Crippen LogP contribution >= 0.6 is 0 Å². The van der Waals surface area contributed by atoms with Gasteiger partial charge in [-0.15, -0.1) is 0 Å². The van der Waals surface area contributed by atoms with Crippen LogP contribution in [-0.2, 0) is 12.8 Å². The van der Waals surface area contributed by atoms with Crippen molar-refractivity contribution in [2.45, 2.75) is 19.3 Å². The van der Waals surface area contributed by atoms with Crippen molar-refractivity contribution in [1.29, 1.82) is 0 Å². The van der Waals surface area contributed by atoms with Crippen molar-refractivity contribution >= 4 is 0 Å². The van der Waals surface area contributed by atoms with Crippen molar-refractivity contribution in [3.05, 3.63) is 23.7 Å². The maximum Gasteiger partial charge on any atom is 0.106 e. The zero-order valence-electron chi connectivity index (χ0n) is 7.47. The molecule has 0 aromatic carbocycles. The summed E-state index contributed by atoms with van der Waals surface area (Å²) in [5, 5.41) is 3.23. The number of hydrogen-bond donors (Lipinski definition) is 1. The second-order valence-electron chi connectivity index (χ2n) is 3.54. The minimum atomic E-state index is 0.806. The van der Waals surface area contributed by atoms with E-state index >= 15 is 0 Å². The fourth-order valence-electron chi connectivity index (χ4n) is 1.98. The maximum atomic E-state index is 5.36. The summed E-state index contributed by atoms with van der Waals surface area (Å²) in [6, 6.07) is 2.11. The molecule has 66 valence electrons. The lowest BCUT2D eigenvalue weighted by Gasteiger charge is -2.20. The summed E-state index contributed by atoms with van der Waals surface area (Å²) >= 11 is 0. The minimum Gasteiger partial charge on any atom is -0.469 e. The molecule has 0 fully saturated rings. The van der Waals surface area contributed by atoms with Crippen LogP contribution < -0.4 is 5.32 Å². The Hall–Kier alpha value is -0.760. The van der Waals surface area contributed by atoms with Crippen molar-refractivity contribution in [3.63, 3.8) is 0 Å². The molecule has 1 N–H and O–H groups in total. The van der Waals surface area contributed by atoms with Gasteiger partial charge in [-0.3, -0.25) is 0 Å². The van der Waals surface area contributed by atoms with Gasteiger partial charge in [-0.2, -0.15) is 0 Å². The van der Waals surface area contributed by atoms with Gasteiger partial charge in [-0.25, -0.2) is 0 Å². The second-order valence-corrected chi connectivity index (χ2v) is 3.54. The van der Waals surface area contributed by atoms with Crippen molar-refractivity contribution in [3.8, 4) is 0 Å². The highest BCUT2D eigenvalue weighted by molar-refractivity contribution is 5.20. The van der Waals surface area contributed by atoms with Crippen molar-refractivity contribution < 1.29 is 4.42 Å². The summed E-state index contributed by atoms with van der Waals surface area (Å²) in [7, 11) is 2.02. The van der Waals surface area contributed by atoms with Gasteiger partial charge in [-0.05, 0) is 44.0 Å². The van der Waals surface area contributed by atoms with Gasteiger partial charge in [-0.1, -0.05) is 0 Å². The molecule has 1 aromatic heterocycles. The van der Waals surface area contributed by atoms with E-state index in [1.165, 1.54) is 24.2 Å². The molecule has 1 unspecified atom stereocenters. The third-order valence-electron chi connectivity index (χ3n) is 2.62. The third kappa shape index (κ3) is 1.39. The molecule has 0 radical (unpaired) electrons. The zero-order valence-corrected chi connectivity index (χ0v) is 7.47. The van der Waals surface area contributed by atoms with E-state index < -0.39 is 0 Å². The number of fused-ring (bicyclic) bond motifs is 1. The Labute approximate surface area is 73.0 Å². The first-order valence-electron chi connectivity index (χ1n) is 4.60. The Morgan fingerprint density at radius 3 is 3.42 bits per heavy atom. The first-order chi connectivity index (χ1) is 5.90. The average Bonchev–Trinajstić information content (AvgIpc) is 2.51. The lowest BCUT2D eigenvalue weighted by molar-refractivity contribution is 0.395. The number of rotatable bonds is 2. The van der Waals surface area contributed by atoms with E-state index in [2.05, 4.69) is 11.4 Å².